The summed E-state index contributed by atoms with van der Waals surface area (Å²) in [5.41, 5.74) is 4.13. The fraction of sp³-hybridized carbons (Fsp3) is 0.833. The van der Waals surface area contributed by atoms with E-state index in [0.717, 1.165) is 17.2 Å². The van der Waals surface area contributed by atoms with Gasteiger partial charge in [0.05, 0.1) is 0 Å². The van der Waals surface area contributed by atoms with Crippen molar-refractivity contribution in [2.24, 2.45) is 11.3 Å². The number of nitrogens with zero attached hydrogens (tertiary/aromatic N) is 3. The molecule has 1 aromatic rings. The Kier molecular flexibility index (Phi) is 4.19. The molecule has 3 N–H and O–H groups in total. The van der Waals surface area contributed by atoms with E-state index in [-0.39, 0.29) is 0 Å². The predicted molar refractivity (Wildman–Crippen MR) is 75.2 cm³/mol. The number of nitrogen functional groups attached to an aromatic ring is 1. The van der Waals surface area contributed by atoms with Crippen LogP contribution in [0.2, 0.25) is 0 Å². The molecule has 18 heavy (non-hydrogen) atoms. The topological polar surface area (TPSA) is 67.1 Å². The first-order valence-corrected chi connectivity index (χ1v) is 7.27. The van der Waals surface area contributed by atoms with Gasteiger partial charge in [-0.2, -0.15) is 0 Å². The molecule has 1 saturated carbocycles. The standard InChI is InChI=1S/C12H23N5S/c1-12(2)6-4-9(5-7-12)17(3)8-10-11(14-13)18-16-15-10/h9,14H,4-8,13H2,1-3H3. The van der Waals surface area contributed by atoms with Crippen molar-refractivity contribution in [3.05, 3.63) is 5.69 Å². The first kappa shape index (κ1) is 13.7. The van der Waals surface area contributed by atoms with Crippen LogP contribution in [0.4, 0.5) is 5.00 Å². The highest BCUT2D eigenvalue weighted by Gasteiger charge is 2.29. The van der Waals surface area contributed by atoms with Crippen molar-refractivity contribution >= 4 is 16.5 Å². The van der Waals surface area contributed by atoms with E-state index in [1.807, 2.05) is 0 Å². The smallest absolute Gasteiger partial charge is 0.148 e. The monoisotopic (exact) mass is 269 g/mol. The van der Waals surface area contributed by atoms with Crippen LogP contribution in [0.15, 0.2) is 0 Å². The molecule has 102 valence electrons. The van der Waals surface area contributed by atoms with Crippen LogP contribution in [0.5, 0.6) is 0 Å². The molecular weight excluding hydrogens is 246 g/mol. The summed E-state index contributed by atoms with van der Waals surface area (Å²) in [6.45, 7) is 5.55. The number of hydrazine groups is 1. The van der Waals surface area contributed by atoms with Crippen LogP contribution >= 0.6 is 11.5 Å². The Labute approximate surface area is 113 Å². The first-order valence-electron chi connectivity index (χ1n) is 6.50. The molecule has 0 amide bonds. The minimum Gasteiger partial charge on any atom is -0.313 e. The van der Waals surface area contributed by atoms with Gasteiger partial charge < -0.3 is 5.43 Å². The highest BCUT2D eigenvalue weighted by atomic mass is 32.1. The van der Waals surface area contributed by atoms with Gasteiger partial charge in [-0.25, -0.2) is 5.84 Å². The Morgan fingerprint density at radius 2 is 2.11 bits per heavy atom. The molecule has 0 spiro atoms. The summed E-state index contributed by atoms with van der Waals surface area (Å²) in [6.07, 6.45) is 5.15. The normalized spacial score (nSPS) is 20.3. The molecule has 0 atom stereocenters. The summed E-state index contributed by atoms with van der Waals surface area (Å²) in [7, 11) is 2.17. The summed E-state index contributed by atoms with van der Waals surface area (Å²) >= 11 is 1.31. The molecule has 1 heterocycles. The van der Waals surface area contributed by atoms with Crippen molar-refractivity contribution in [2.75, 3.05) is 12.5 Å². The van der Waals surface area contributed by atoms with E-state index in [4.69, 9.17) is 5.84 Å². The maximum Gasteiger partial charge on any atom is 0.148 e. The fourth-order valence-electron chi connectivity index (χ4n) is 2.61. The van der Waals surface area contributed by atoms with Gasteiger partial charge in [0.1, 0.15) is 10.7 Å². The van der Waals surface area contributed by atoms with E-state index >= 15 is 0 Å². The van der Waals surface area contributed by atoms with Crippen LogP contribution < -0.4 is 11.3 Å². The Bertz CT molecular complexity index is 380. The summed E-state index contributed by atoms with van der Waals surface area (Å²) < 4.78 is 3.94. The lowest BCUT2D eigenvalue weighted by Crippen LogP contribution is -2.37. The van der Waals surface area contributed by atoms with Crippen molar-refractivity contribution < 1.29 is 0 Å². The molecule has 1 aliphatic carbocycles. The lowest BCUT2D eigenvalue weighted by Gasteiger charge is -2.38. The van der Waals surface area contributed by atoms with E-state index in [1.54, 1.807) is 0 Å². The van der Waals surface area contributed by atoms with Gasteiger partial charge in [-0.15, -0.1) is 5.10 Å². The van der Waals surface area contributed by atoms with Gasteiger partial charge in [0.2, 0.25) is 0 Å². The minimum absolute atomic E-state index is 0.517. The second-order valence-electron chi connectivity index (χ2n) is 6.00. The number of anilines is 1. The van der Waals surface area contributed by atoms with E-state index in [1.165, 1.54) is 37.2 Å². The molecule has 1 fully saturated rings. The second-order valence-corrected chi connectivity index (χ2v) is 6.76. The van der Waals surface area contributed by atoms with Crippen molar-refractivity contribution in [3.8, 4) is 0 Å². The summed E-state index contributed by atoms with van der Waals surface area (Å²) in [5.74, 6) is 5.45. The van der Waals surface area contributed by atoms with E-state index in [0.29, 0.717) is 11.5 Å². The molecule has 0 unspecified atom stereocenters. The van der Waals surface area contributed by atoms with Gasteiger partial charge in [-0.1, -0.05) is 18.3 Å². The number of hydrogen-bond donors (Lipinski definition) is 2. The molecule has 0 aromatic carbocycles. The number of hydrogen-bond acceptors (Lipinski definition) is 6. The Morgan fingerprint density at radius 1 is 1.44 bits per heavy atom. The van der Waals surface area contributed by atoms with Crippen LogP contribution in [0.3, 0.4) is 0 Å². The largest absolute Gasteiger partial charge is 0.313 e. The summed E-state index contributed by atoms with van der Waals surface area (Å²) in [6, 6.07) is 0.658. The Balaban J connectivity index is 1.91. The van der Waals surface area contributed by atoms with E-state index < -0.39 is 0 Å². The first-order chi connectivity index (χ1) is 8.52. The van der Waals surface area contributed by atoms with Crippen molar-refractivity contribution in [1.82, 2.24) is 14.5 Å². The molecule has 0 aliphatic heterocycles. The van der Waals surface area contributed by atoms with Crippen molar-refractivity contribution in [3.63, 3.8) is 0 Å². The van der Waals surface area contributed by atoms with Crippen LogP contribution in [0.25, 0.3) is 0 Å². The molecule has 2 rings (SSSR count). The molecular formula is C12H23N5S. The summed E-state index contributed by atoms with van der Waals surface area (Å²) in [4.78, 5) is 2.38. The number of nitrogens with one attached hydrogen (secondary N) is 1. The fourth-order valence-corrected chi connectivity index (χ4v) is 3.10. The van der Waals surface area contributed by atoms with Crippen LogP contribution in [-0.2, 0) is 6.54 Å². The van der Waals surface area contributed by atoms with E-state index in [2.05, 4.69) is 40.8 Å². The number of rotatable bonds is 4. The van der Waals surface area contributed by atoms with Gasteiger partial charge >= 0.3 is 0 Å². The molecule has 0 bridgehead atoms. The molecule has 5 nitrogen and oxygen atoms in total. The average molecular weight is 269 g/mol. The third-order valence-electron chi connectivity index (χ3n) is 4.02. The van der Waals surface area contributed by atoms with Crippen molar-refractivity contribution in [2.45, 2.75) is 52.1 Å². The third-order valence-corrected chi connectivity index (χ3v) is 4.72. The highest BCUT2D eigenvalue weighted by molar-refractivity contribution is 7.10. The van der Waals surface area contributed by atoms with Gasteiger partial charge in [-0.05, 0) is 38.1 Å². The zero-order chi connectivity index (χ0) is 13.2. The van der Waals surface area contributed by atoms with Crippen LogP contribution in [0, 0.1) is 5.41 Å². The van der Waals surface area contributed by atoms with Gasteiger partial charge in [0.25, 0.3) is 0 Å². The SMILES string of the molecule is CN(Cc1nnsc1NN)C1CCC(C)(C)CC1. The number of aromatic nitrogens is 2. The Morgan fingerprint density at radius 3 is 2.72 bits per heavy atom. The zero-order valence-electron chi connectivity index (χ0n) is 11.4. The van der Waals surface area contributed by atoms with Crippen molar-refractivity contribution in [1.29, 1.82) is 0 Å². The quantitative estimate of drug-likeness (QED) is 0.648. The molecule has 6 heteroatoms. The average Bonchev–Trinajstić information content (AvgIpc) is 2.76. The lowest BCUT2D eigenvalue weighted by molar-refractivity contribution is 0.122. The van der Waals surface area contributed by atoms with Gasteiger partial charge in [-0.3, -0.25) is 4.90 Å². The molecule has 0 radical (unpaired) electrons. The van der Waals surface area contributed by atoms with E-state index in [9.17, 15) is 0 Å². The Hall–Kier alpha value is -0.720. The lowest BCUT2D eigenvalue weighted by atomic mass is 9.75. The van der Waals surface area contributed by atoms with Gasteiger partial charge in [0.15, 0.2) is 0 Å². The predicted octanol–water partition coefficient (Wildman–Crippen LogP) is 2.22. The number of nitrogens with two attached hydrogens (primary N) is 1. The maximum absolute atomic E-state index is 5.45. The molecule has 1 aromatic heterocycles. The zero-order valence-corrected chi connectivity index (χ0v) is 12.3. The molecule has 0 saturated heterocycles. The van der Waals surface area contributed by atoms with Crippen LogP contribution in [0.1, 0.15) is 45.2 Å². The maximum atomic E-state index is 5.45. The minimum atomic E-state index is 0.517. The van der Waals surface area contributed by atoms with Gasteiger partial charge in [0, 0.05) is 24.1 Å². The third kappa shape index (κ3) is 3.18. The second kappa shape index (κ2) is 5.50. The molecule has 1 aliphatic rings. The highest BCUT2D eigenvalue weighted by Crippen LogP contribution is 2.37. The van der Waals surface area contributed by atoms with Crippen LogP contribution in [-0.4, -0.2) is 27.6 Å². The summed E-state index contributed by atoms with van der Waals surface area (Å²) in [5, 5.41) is 5.01.